The Morgan fingerprint density at radius 1 is 1.00 bits per heavy atom. The summed E-state index contributed by atoms with van der Waals surface area (Å²) in [7, 11) is 0. The van der Waals surface area contributed by atoms with E-state index in [1.165, 1.54) is 0 Å². The van der Waals surface area contributed by atoms with E-state index in [1.807, 2.05) is 42.5 Å². The summed E-state index contributed by atoms with van der Waals surface area (Å²) >= 11 is 0. The zero-order valence-electron chi connectivity index (χ0n) is 11.1. The molecule has 0 unspecified atom stereocenters. The van der Waals surface area contributed by atoms with Gasteiger partial charge in [-0.05, 0) is 24.1 Å². The number of hydrogen-bond donors (Lipinski definition) is 1. The van der Waals surface area contributed by atoms with Crippen LogP contribution in [0.15, 0.2) is 54.6 Å². The van der Waals surface area contributed by atoms with Crippen molar-refractivity contribution in [2.24, 2.45) is 0 Å². The van der Waals surface area contributed by atoms with Crippen molar-refractivity contribution in [3.8, 4) is 5.75 Å². The van der Waals surface area contributed by atoms with Gasteiger partial charge in [-0.1, -0.05) is 49.4 Å². The second-order valence-electron chi connectivity index (χ2n) is 4.35. The van der Waals surface area contributed by atoms with E-state index in [0.29, 0.717) is 12.3 Å². The summed E-state index contributed by atoms with van der Waals surface area (Å²) in [4.78, 5) is 5.81. The number of aromatic hydroxyl groups is 1. The van der Waals surface area contributed by atoms with Crippen LogP contribution in [0.3, 0.4) is 0 Å². The van der Waals surface area contributed by atoms with Gasteiger partial charge in [-0.3, -0.25) is 9.90 Å². The minimum Gasteiger partial charge on any atom is -0.506 e. The maximum atomic E-state index is 9.88. The molecular weight excluding hydrogens is 238 g/mol. The summed E-state index contributed by atoms with van der Waals surface area (Å²) in [5.74, 6) is 0.240. The first-order chi connectivity index (χ1) is 9.31. The first-order valence-corrected chi connectivity index (χ1v) is 6.53. The molecule has 2 rings (SSSR count). The minimum absolute atomic E-state index is 0.240. The monoisotopic (exact) mass is 257 g/mol. The summed E-state index contributed by atoms with van der Waals surface area (Å²) in [6.07, 6.45) is 0.948. The number of phenols is 1. The Labute approximate surface area is 114 Å². The van der Waals surface area contributed by atoms with Crippen molar-refractivity contribution in [3.05, 3.63) is 60.2 Å². The molecule has 0 aromatic heterocycles. The van der Waals surface area contributed by atoms with Crippen molar-refractivity contribution in [2.75, 3.05) is 11.6 Å². The highest BCUT2D eigenvalue weighted by Crippen LogP contribution is 2.27. The van der Waals surface area contributed by atoms with Crippen molar-refractivity contribution < 1.29 is 9.94 Å². The van der Waals surface area contributed by atoms with Gasteiger partial charge in [0, 0.05) is 6.54 Å². The number of para-hydroxylation sites is 2. The van der Waals surface area contributed by atoms with Gasteiger partial charge in [-0.25, -0.2) is 0 Å². The van der Waals surface area contributed by atoms with Crippen LogP contribution in [0.4, 0.5) is 5.69 Å². The molecule has 0 aliphatic rings. The van der Waals surface area contributed by atoms with E-state index in [2.05, 4.69) is 6.92 Å². The maximum absolute atomic E-state index is 9.88. The van der Waals surface area contributed by atoms with Gasteiger partial charge in [-0.2, -0.15) is 0 Å². The molecular formula is C16H19NO2. The summed E-state index contributed by atoms with van der Waals surface area (Å²) < 4.78 is 0. The number of phenolic OH excluding ortho intramolecular Hbond substituents is 1. The van der Waals surface area contributed by atoms with Crippen molar-refractivity contribution in [3.63, 3.8) is 0 Å². The smallest absolute Gasteiger partial charge is 0.141 e. The molecule has 0 atom stereocenters. The van der Waals surface area contributed by atoms with Gasteiger partial charge in [0.2, 0.25) is 0 Å². The molecule has 100 valence electrons. The van der Waals surface area contributed by atoms with Crippen LogP contribution in [0.2, 0.25) is 0 Å². The summed E-state index contributed by atoms with van der Waals surface area (Å²) in [6, 6.07) is 17.2. The SMILES string of the molecule is CCCN(OCc1ccccc1)c1ccccc1O. The lowest BCUT2D eigenvalue weighted by atomic mass is 10.2. The van der Waals surface area contributed by atoms with E-state index in [4.69, 9.17) is 4.84 Å². The third kappa shape index (κ3) is 3.73. The fraction of sp³-hybridized carbons (Fsp3) is 0.250. The van der Waals surface area contributed by atoms with Gasteiger partial charge in [0.15, 0.2) is 0 Å². The Hall–Kier alpha value is -2.00. The Morgan fingerprint density at radius 2 is 1.68 bits per heavy atom. The average molecular weight is 257 g/mol. The number of rotatable bonds is 6. The van der Waals surface area contributed by atoms with Crippen molar-refractivity contribution in [1.29, 1.82) is 0 Å². The number of benzene rings is 2. The van der Waals surface area contributed by atoms with Gasteiger partial charge in [-0.15, -0.1) is 0 Å². The maximum Gasteiger partial charge on any atom is 0.141 e. The second-order valence-corrected chi connectivity index (χ2v) is 4.35. The fourth-order valence-electron chi connectivity index (χ4n) is 1.86. The van der Waals surface area contributed by atoms with Crippen molar-refractivity contribution >= 4 is 5.69 Å². The summed E-state index contributed by atoms with van der Waals surface area (Å²) in [5, 5.41) is 11.6. The zero-order valence-corrected chi connectivity index (χ0v) is 11.1. The summed E-state index contributed by atoms with van der Waals surface area (Å²) in [6.45, 7) is 3.32. The first-order valence-electron chi connectivity index (χ1n) is 6.53. The average Bonchev–Trinajstić information content (AvgIpc) is 2.45. The van der Waals surface area contributed by atoms with Gasteiger partial charge in [0.25, 0.3) is 0 Å². The molecule has 0 heterocycles. The van der Waals surface area contributed by atoms with Crippen LogP contribution < -0.4 is 5.06 Å². The van der Waals surface area contributed by atoms with Crippen LogP contribution in [-0.4, -0.2) is 11.7 Å². The highest BCUT2D eigenvalue weighted by Gasteiger charge is 2.10. The largest absolute Gasteiger partial charge is 0.506 e. The van der Waals surface area contributed by atoms with Crippen molar-refractivity contribution in [2.45, 2.75) is 20.0 Å². The molecule has 2 aromatic rings. The lowest BCUT2D eigenvalue weighted by Gasteiger charge is -2.24. The second kappa shape index (κ2) is 6.81. The van der Waals surface area contributed by atoms with E-state index in [1.54, 1.807) is 17.2 Å². The van der Waals surface area contributed by atoms with E-state index in [0.717, 1.165) is 18.5 Å². The van der Waals surface area contributed by atoms with Gasteiger partial charge in [0.1, 0.15) is 11.4 Å². The number of nitrogens with zero attached hydrogens (tertiary/aromatic N) is 1. The molecule has 2 aromatic carbocycles. The van der Waals surface area contributed by atoms with E-state index < -0.39 is 0 Å². The molecule has 3 heteroatoms. The zero-order chi connectivity index (χ0) is 13.5. The third-order valence-electron chi connectivity index (χ3n) is 2.81. The highest BCUT2D eigenvalue weighted by molar-refractivity contribution is 5.55. The van der Waals surface area contributed by atoms with E-state index in [9.17, 15) is 5.11 Å². The molecule has 1 N–H and O–H groups in total. The van der Waals surface area contributed by atoms with Crippen LogP contribution >= 0.6 is 0 Å². The Morgan fingerprint density at radius 3 is 2.37 bits per heavy atom. The van der Waals surface area contributed by atoms with Crippen LogP contribution in [0.5, 0.6) is 5.75 Å². The molecule has 3 nitrogen and oxygen atoms in total. The lowest BCUT2D eigenvalue weighted by Crippen LogP contribution is -2.24. The predicted molar refractivity (Wildman–Crippen MR) is 77.0 cm³/mol. The molecule has 0 fully saturated rings. The normalized spacial score (nSPS) is 10.4. The minimum atomic E-state index is 0.240. The Kier molecular flexibility index (Phi) is 4.81. The number of hydrogen-bond acceptors (Lipinski definition) is 3. The molecule has 0 spiro atoms. The fourth-order valence-corrected chi connectivity index (χ4v) is 1.86. The van der Waals surface area contributed by atoms with Gasteiger partial charge >= 0.3 is 0 Å². The highest BCUT2D eigenvalue weighted by atomic mass is 16.7. The van der Waals surface area contributed by atoms with E-state index >= 15 is 0 Å². The number of hydroxylamine groups is 1. The molecule has 0 saturated carbocycles. The molecule has 0 aliphatic heterocycles. The van der Waals surface area contributed by atoms with Crippen LogP contribution in [0.25, 0.3) is 0 Å². The van der Waals surface area contributed by atoms with Gasteiger partial charge < -0.3 is 5.11 Å². The predicted octanol–water partition coefficient (Wildman–Crippen LogP) is 3.74. The van der Waals surface area contributed by atoms with Gasteiger partial charge in [0.05, 0.1) is 6.61 Å². The molecule has 0 aliphatic carbocycles. The third-order valence-corrected chi connectivity index (χ3v) is 2.81. The summed E-state index contributed by atoms with van der Waals surface area (Å²) in [5.41, 5.74) is 1.82. The van der Waals surface area contributed by atoms with Crippen LogP contribution in [0, 0.1) is 0 Å². The van der Waals surface area contributed by atoms with E-state index in [-0.39, 0.29) is 5.75 Å². The van der Waals surface area contributed by atoms with Crippen LogP contribution in [-0.2, 0) is 11.4 Å². The number of anilines is 1. The quantitative estimate of drug-likeness (QED) is 0.800. The molecule has 19 heavy (non-hydrogen) atoms. The standard InChI is InChI=1S/C16H19NO2/c1-2-12-17(15-10-6-7-11-16(15)18)19-13-14-8-4-3-5-9-14/h3-11,18H,2,12-13H2,1H3. The topological polar surface area (TPSA) is 32.7 Å². The molecule has 0 radical (unpaired) electrons. The van der Waals surface area contributed by atoms with Crippen LogP contribution in [0.1, 0.15) is 18.9 Å². The van der Waals surface area contributed by atoms with Crippen molar-refractivity contribution in [1.82, 2.24) is 0 Å². The molecule has 0 amide bonds. The first kappa shape index (κ1) is 13.4. The molecule has 0 bridgehead atoms. The Balaban J connectivity index is 2.07. The molecule has 0 saturated heterocycles. The Bertz CT molecular complexity index is 499. The lowest BCUT2D eigenvalue weighted by molar-refractivity contribution is 0.0933.